The summed E-state index contributed by atoms with van der Waals surface area (Å²) in [6.45, 7) is 5.26. The lowest BCUT2D eigenvalue weighted by Gasteiger charge is -2.41. The van der Waals surface area contributed by atoms with Crippen LogP contribution in [0.4, 0.5) is 0 Å². The van der Waals surface area contributed by atoms with E-state index in [0.717, 1.165) is 44.7 Å². The standard InChI is InChI=1S/C22H42N4O3/c1-3-26(11-12-27)21(28)17-5-4-6-19(13-17)25-22-23-14-18(15-24-22)16-7-9-20(29-2)10-8-16/h16-20,22-25,27H,3-15H2,1-2H3. The Hall–Kier alpha value is -0.730. The molecule has 7 nitrogen and oxygen atoms in total. The molecule has 7 heteroatoms. The van der Waals surface area contributed by atoms with Crippen molar-refractivity contribution in [2.75, 3.05) is 39.9 Å². The van der Waals surface area contributed by atoms with Crippen molar-refractivity contribution in [3.63, 3.8) is 0 Å². The molecule has 0 bridgehead atoms. The molecule has 4 N–H and O–H groups in total. The van der Waals surface area contributed by atoms with Gasteiger partial charge in [0.15, 0.2) is 0 Å². The van der Waals surface area contributed by atoms with Crippen LogP contribution in [-0.2, 0) is 9.53 Å². The lowest BCUT2D eigenvalue weighted by Crippen LogP contribution is -2.63. The number of likely N-dealkylation sites (N-methyl/N-ethyl adjacent to an activating group) is 1. The zero-order valence-electron chi connectivity index (χ0n) is 18.4. The normalized spacial score (nSPS) is 36.0. The van der Waals surface area contributed by atoms with Gasteiger partial charge >= 0.3 is 0 Å². The smallest absolute Gasteiger partial charge is 0.225 e. The highest BCUT2D eigenvalue weighted by Crippen LogP contribution is 2.32. The molecule has 0 radical (unpaired) electrons. The Kier molecular flexibility index (Phi) is 9.18. The van der Waals surface area contributed by atoms with Crippen LogP contribution in [0.25, 0.3) is 0 Å². The third-order valence-electron chi connectivity index (χ3n) is 7.38. The molecule has 1 heterocycles. The first-order valence-corrected chi connectivity index (χ1v) is 11.8. The second-order valence-corrected chi connectivity index (χ2v) is 9.15. The minimum Gasteiger partial charge on any atom is -0.395 e. The highest BCUT2D eigenvalue weighted by atomic mass is 16.5. The fourth-order valence-electron chi connectivity index (χ4n) is 5.53. The van der Waals surface area contributed by atoms with Gasteiger partial charge in [0.25, 0.3) is 0 Å². The van der Waals surface area contributed by atoms with Gasteiger partial charge in [-0.05, 0) is 63.7 Å². The Balaban J connectivity index is 1.40. The van der Waals surface area contributed by atoms with Crippen LogP contribution in [0.3, 0.4) is 0 Å². The number of nitrogens with one attached hydrogen (secondary N) is 3. The van der Waals surface area contributed by atoms with Crippen LogP contribution in [0, 0.1) is 17.8 Å². The molecule has 2 atom stereocenters. The van der Waals surface area contributed by atoms with E-state index in [9.17, 15) is 9.90 Å². The molecule has 3 aliphatic rings. The molecule has 1 amide bonds. The largest absolute Gasteiger partial charge is 0.395 e. The molecule has 3 rings (SSSR count). The van der Waals surface area contributed by atoms with Gasteiger partial charge in [-0.3, -0.25) is 20.7 Å². The second-order valence-electron chi connectivity index (χ2n) is 9.15. The van der Waals surface area contributed by atoms with E-state index in [4.69, 9.17) is 4.74 Å². The zero-order valence-corrected chi connectivity index (χ0v) is 18.4. The highest BCUT2D eigenvalue weighted by Gasteiger charge is 2.33. The number of methoxy groups -OCH3 is 1. The van der Waals surface area contributed by atoms with Gasteiger partial charge in [0.1, 0.15) is 6.29 Å². The van der Waals surface area contributed by atoms with Crippen LogP contribution in [0.1, 0.15) is 58.3 Å². The van der Waals surface area contributed by atoms with Crippen molar-refractivity contribution in [1.82, 2.24) is 20.9 Å². The highest BCUT2D eigenvalue weighted by molar-refractivity contribution is 5.79. The third-order valence-corrected chi connectivity index (χ3v) is 7.38. The summed E-state index contributed by atoms with van der Waals surface area (Å²) in [5.41, 5.74) is 0. The van der Waals surface area contributed by atoms with Crippen molar-refractivity contribution in [2.24, 2.45) is 17.8 Å². The average Bonchev–Trinajstić information content (AvgIpc) is 2.78. The summed E-state index contributed by atoms with van der Waals surface area (Å²) in [6, 6.07) is 0.365. The summed E-state index contributed by atoms with van der Waals surface area (Å²) in [6.07, 6.45) is 9.62. The monoisotopic (exact) mass is 410 g/mol. The Morgan fingerprint density at radius 2 is 1.83 bits per heavy atom. The molecule has 0 aromatic carbocycles. The molecule has 0 spiro atoms. The average molecular weight is 411 g/mol. The number of hydrogen-bond acceptors (Lipinski definition) is 6. The number of ether oxygens (including phenoxy) is 1. The molecule has 2 saturated carbocycles. The van der Waals surface area contributed by atoms with Crippen LogP contribution >= 0.6 is 0 Å². The molecule has 2 unspecified atom stereocenters. The van der Waals surface area contributed by atoms with Crippen LogP contribution < -0.4 is 16.0 Å². The lowest BCUT2D eigenvalue weighted by atomic mass is 9.78. The van der Waals surface area contributed by atoms with Gasteiger partial charge in [-0.15, -0.1) is 0 Å². The van der Waals surface area contributed by atoms with E-state index in [0.29, 0.717) is 31.2 Å². The minimum atomic E-state index is 0.0399. The number of nitrogens with zero attached hydrogens (tertiary/aromatic N) is 1. The van der Waals surface area contributed by atoms with Gasteiger partial charge in [0.2, 0.25) is 5.91 Å². The van der Waals surface area contributed by atoms with Crippen LogP contribution in [0.5, 0.6) is 0 Å². The quantitative estimate of drug-likeness (QED) is 0.482. The molecule has 29 heavy (non-hydrogen) atoms. The molecule has 0 aromatic heterocycles. The van der Waals surface area contributed by atoms with Gasteiger partial charge in [-0.2, -0.15) is 0 Å². The maximum absolute atomic E-state index is 12.8. The van der Waals surface area contributed by atoms with E-state index in [2.05, 4.69) is 16.0 Å². The molecule has 0 aromatic rings. The Morgan fingerprint density at radius 3 is 2.45 bits per heavy atom. The van der Waals surface area contributed by atoms with Gasteiger partial charge in [0, 0.05) is 45.2 Å². The molecular weight excluding hydrogens is 368 g/mol. The number of carbonyl (C=O) groups is 1. The molecule has 168 valence electrons. The second kappa shape index (κ2) is 11.6. The predicted molar refractivity (Wildman–Crippen MR) is 114 cm³/mol. The number of hydrogen-bond donors (Lipinski definition) is 4. The maximum atomic E-state index is 12.8. The topological polar surface area (TPSA) is 85.9 Å². The van der Waals surface area contributed by atoms with E-state index >= 15 is 0 Å². The predicted octanol–water partition coefficient (Wildman–Crippen LogP) is 1.27. The Labute approximate surface area is 176 Å². The fourth-order valence-corrected chi connectivity index (χ4v) is 5.53. The first-order valence-electron chi connectivity index (χ1n) is 11.8. The van der Waals surface area contributed by atoms with Crippen LogP contribution in [-0.4, -0.2) is 74.2 Å². The van der Waals surface area contributed by atoms with E-state index in [1.165, 1.54) is 25.7 Å². The Bertz CT molecular complexity index is 490. The van der Waals surface area contributed by atoms with Crippen LogP contribution in [0.2, 0.25) is 0 Å². The fraction of sp³-hybridized carbons (Fsp3) is 0.955. The van der Waals surface area contributed by atoms with E-state index < -0.39 is 0 Å². The zero-order chi connectivity index (χ0) is 20.6. The SMILES string of the molecule is CCN(CCO)C(=O)C1CCCC(NC2NCC(C3CCC(OC)CC3)CN2)C1. The summed E-state index contributed by atoms with van der Waals surface area (Å²) < 4.78 is 5.51. The van der Waals surface area contributed by atoms with Crippen molar-refractivity contribution in [2.45, 2.75) is 76.7 Å². The van der Waals surface area contributed by atoms with Crippen molar-refractivity contribution in [1.29, 1.82) is 0 Å². The molecular formula is C22H42N4O3. The van der Waals surface area contributed by atoms with Gasteiger partial charge in [-0.25, -0.2) is 0 Å². The molecule has 3 fully saturated rings. The van der Waals surface area contributed by atoms with Crippen LogP contribution in [0.15, 0.2) is 0 Å². The third kappa shape index (κ3) is 6.37. The summed E-state index contributed by atoms with van der Waals surface area (Å²) in [5, 5.41) is 20.2. The number of carbonyl (C=O) groups excluding carboxylic acids is 1. The van der Waals surface area contributed by atoms with E-state index in [1.807, 2.05) is 14.0 Å². The van der Waals surface area contributed by atoms with Gasteiger partial charge in [0.05, 0.1) is 12.7 Å². The van der Waals surface area contributed by atoms with Crippen molar-refractivity contribution in [3.8, 4) is 0 Å². The summed E-state index contributed by atoms with van der Waals surface area (Å²) >= 11 is 0. The summed E-state index contributed by atoms with van der Waals surface area (Å²) in [7, 11) is 1.83. The lowest BCUT2D eigenvalue weighted by molar-refractivity contribution is -0.137. The van der Waals surface area contributed by atoms with E-state index in [-0.39, 0.29) is 24.7 Å². The number of aliphatic hydroxyl groups excluding tert-OH is 1. The van der Waals surface area contributed by atoms with Gasteiger partial charge < -0.3 is 14.7 Å². The molecule has 1 aliphatic heterocycles. The number of aliphatic hydroxyl groups is 1. The van der Waals surface area contributed by atoms with Gasteiger partial charge in [-0.1, -0.05) is 6.42 Å². The summed E-state index contributed by atoms with van der Waals surface area (Å²) in [5.74, 6) is 1.79. The maximum Gasteiger partial charge on any atom is 0.225 e. The van der Waals surface area contributed by atoms with Crippen molar-refractivity contribution < 1.29 is 14.6 Å². The minimum absolute atomic E-state index is 0.0399. The van der Waals surface area contributed by atoms with Crippen molar-refractivity contribution in [3.05, 3.63) is 0 Å². The summed E-state index contributed by atoms with van der Waals surface area (Å²) in [4.78, 5) is 14.6. The first kappa shape index (κ1) is 22.9. The molecule has 1 saturated heterocycles. The Morgan fingerprint density at radius 1 is 1.10 bits per heavy atom. The van der Waals surface area contributed by atoms with E-state index in [1.54, 1.807) is 4.90 Å². The first-order chi connectivity index (χ1) is 14.1. The molecule has 2 aliphatic carbocycles. The van der Waals surface area contributed by atoms with Crippen molar-refractivity contribution >= 4 is 5.91 Å². The number of rotatable bonds is 8. The number of amides is 1.